The van der Waals surface area contributed by atoms with E-state index in [1.165, 1.54) is 6.07 Å². The van der Waals surface area contributed by atoms with Gasteiger partial charge in [0.1, 0.15) is 5.75 Å². The molecule has 76 valence electrons. The summed E-state index contributed by atoms with van der Waals surface area (Å²) in [6, 6.07) is 10.1. The van der Waals surface area contributed by atoms with Gasteiger partial charge >= 0.3 is 0 Å². The highest BCUT2D eigenvalue weighted by Gasteiger charge is 2.05. The van der Waals surface area contributed by atoms with E-state index in [9.17, 15) is 4.79 Å². The molecular formula is C11H7ClO3. The molecule has 1 heterocycles. The van der Waals surface area contributed by atoms with Crippen molar-refractivity contribution in [2.45, 2.75) is 0 Å². The number of benzene rings is 1. The molecule has 0 spiro atoms. The summed E-state index contributed by atoms with van der Waals surface area (Å²) in [5.41, 5.74) is 0. The summed E-state index contributed by atoms with van der Waals surface area (Å²) in [5, 5.41) is 0.488. The lowest BCUT2D eigenvalue weighted by molar-refractivity contribution is 0.109. The summed E-state index contributed by atoms with van der Waals surface area (Å²) in [7, 11) is 0. The maximum atomic E-state index is 10.4. The molecule has 1 aromatic heterocycles. The molecule has 0 saturated heterocycles. The van der Waals surface area contributed by atoms with E-state index in [0.29, 0.717) is 17.1 Å². The second-order valence-corrected chi connectivity index (χ2v) is 3.21. The summed E-state index contributed by atoms with van der Waals surface area (Å²) in [6.07, 6.45) is 0.611. The first-order chi connectivity index (χ1) is 7.29. The largest absolute Gasteiger partial charge is 0.424 e. The zero-order chi connectivity index (χ0) is 10.7. The number of para-hydroxylation sites is 1. The minimum Gasteiger partial charge on any atom is -0.424 e. The first-order valence-electron chi connectivity index (χ1n) is 4.27. The van der Waals surface area contributed by atoms with Crippen LogP contribution in [0.15, 0.2) is 40.8 Å². The van der Waals surface area contributed by atoms with Crippen molar-refractivity contribution in [3.8, 4) is 11.7 Å². The number of carbonyl (C=O) groups is 1. The molecule has 0 aliphatic carbocycles. The molecule has 0 bridgehead atoms. The molecule has 0 N–H and O–H groups in total. The molecule has 0 fully saturated rings. The highest BCUT2D eigenvalue weighted by molar-refractivity contribution is 6.32. The van der Waals surface area contributed by atoms with Gasteiger partial charge in [-0.3, -0.25) is 4.79 Å². The highest BCUT2D eigenvalue weighted by atomic mass is 35.5. The van der Waals surface area contributed by atoms with Crippen molar-refractivity contribution in [3.63, 3.8) is 0 Å². The van der Waals surface area contributed by atoms with E-state index in [4.69, 9.17) is 20.8 Å². The fraction of sp³-hybridized carbons (Fsp3) is 0. The van der Waals surface area contributed by atoms with Crippen LogP contribution in [-0.4, -0.2) is 6.29 Å². The maximum absolute atomic E-state index is 10.4. The molecule has 4 heteroatoms. The Morgan fingerprint density at radius 3 is 2.67 bits per heavy atom. The van der Waals surface area contributed by atoms with Crippen molar-refractivity contribution in [3.05, 3.63) is 47.2 Å². The van der Waals surface area contributed by atoms with Gasteiger partial charge in [-0.05, 0) is 18.2 Å². The molecule has 0 atom stereocenters. The molecular weight excluding hydrogens is 216 g/mol. The van der Waals surface area contributed by atoms with E-state index < -0.39 is 0 Å². The number of hydrogen-bond acceptors (Lipinski definition) is 3. The first-order valence-corrected chi connectivity index (χ1v) is 4.65. The van der Waals surface area contributed by atoms with Gasteiger partial charge in [0, 0.05) is 6.07 Å². The molecule has 3 nitrogen and oxygen atoms in total. The van der Waals surface area contributed by atoms with Crippen LogP contribution in [0.5, 0.6) is 11.7 Å². The van der Waals surface area contributed by atoms with Crippen molar-refractivity contribution in [1.82, 2.24) is 0 Å². The second kappa shape index (κ2) is 4.19. The summed E-state index contributed by atoms with van der Waals surface area (Å²) in [5.74, 6) is 0.952. The molecule has 0 amide bonds. The zero-order valence-electron chi connectivity index (χ0n) is 7.64. The minimum absolute atomic E-state index is 0.219. The van der Waals surface area contributed by atoms with Crippen LogP contribution in [0.25, 0.3) is 0 Å². The number of carbonyl (C=O) groups excluding carboxylic acids is 1. The molecule has 0 aliphatic heterocycles. The van der Waals surface area contributed by atoms with Gasteiger partial charge in [0.05, 0.1) is 5.02 Å². The lowest BCUT2D eigenvalue weighted by atomic mass is 10.3. The quantitative estimate of drug-likeness (QED) is 0.746. The zero-order valence-corrected chi connectivity index (χ0v) is 8.40. The fourth-order valence-corrected chi connectivity index (χ4v) is 1.26. The van der Waals surface area contributed by atoms with E-state index >= 15 is 0 Å². The molecule has 0 aliphatic rings. The van der Waals surface area contributed by atoms with Crippen LogP contribution >= 0.6 is 11.6 Å². The topological polar surface area (TPSA) is 39.4 Å². The van der Waals surface area contributed by atoms with Crippen LogP contribution in [0, 0.1) is 0 Å². The Hall–Kier alpha value is -1.74. The van der Waals surface area contributed by atoms with E-state index in [-0.39, 0.29) is 11.7 Å². The van der Waals surface area contributed by atoms with Gasteiger partial charge in [0.25, 0.3) is 5.95 Å². The molecule has 0 unspecified atom stereocenters. The average molecular weight is 223 g/mol. The SMILES string of the molecule is O=Cc1ccc(Oc2ccccc2Cl)o1. The summed E-state index contributed by atoms with van der Waals surface area (Å²) < 4.78 is 10.4. The van der Waals surface area contributed by atoms with E-state index in [1.807, 2.05) is 0 Å². The predicted molar refractivity (Wildman–Crippen MR) is 55.6 cm³/mol. The molecule has 15 heavy (non-hydrogen) atoms. The normalized spacial score (nSPS) is 9.93. The van der Waals surface area contributed by atoms with Crippen molar-refractivity contribution < 1.29 is 13.9 Å². The summed E-state index contributed by atoms with van der Waals surface area (Å²) >= 11 is 5.88. The minimum atomic E-state index is 0.219. The van der Waals surface area contributed by atoms with E-state index in [1.54, 1.807) is 30.3 Å². The van der Waals surface area contributed by atoms with E-state index in [0.717, 1.165) is 0 Å². The van der Waals surface area contributed by atoms with Gasteiger partial charge in [-0.2, -0.15) is 0 Å². The Morgan fingerprint density at radius 1 is 1.20 bits per heavy atom. The number of halogens is 1. The van der Waals surface area contributed by atoms with Crippen molar-refractivity contribution in [2.75, 3.05) is 0 Å². The Bertz CT molecular complexity index is 476. The van der Waals surface area contributed by atoms with Crippen LogP contribution in [0.2, 0.25) is 5.02 Å². The van der Waals surface area contributed by atoms with Crippen LogP contribution in [0.1, 0.15) is 10.6 Å². The number of rotatable bonds is 3. The molecule has 1 aromatic carbocycles. The van der Waals surface area contributed by atoms with Crippen LogP contribution in [-0.2, 0) is 0 Å². The Balaban J connectivity index is 2.22. The molecule has 0 radical (unpaired) electrons. The predicted octanol–water partition coefficient (Wildman–Crippen LogP) is 3.54. The first kappa shape index (κ1) is 9.80. The highest BCUT2D eigenvalue weighted by Crippen LogP contribution is 2.29. The van der Waals surface area contributed by atoms with Crippen molar-refractivity contribution in [2.24, 2.45) is 0 Å². The summed E-state index contributed by atoms with van der Waals surface area (Å²) in [4.78, 5) is 10.4. The van der Waals surface area contributed by atoms with Crippen LogP contribution in [0.4, 0.5) is 0 Å². The van der Waals surface area contributed by atoms with Crippen molar-refractivity contribution in [1.29, 1.82) is 0 Å². The van der Waals surface area contributed by atoms with Gasteiger partial charge in [-0.1, -0.05) is 23.7 Å². The third-order valence-electron chi connectivity index (χ3n) is 1.77. The van der Waals surface area contributed by atoms with Crippen LogP contribution < -0.4 is 4.74 Å². The standard InChI is InChI=1S/C11H7ClO3/c12-9-3-1-2-4-10(9)15-11-6-5-8(7-13)14-11/h1-7H. The average Bonchev–Trinajstić information content (AvgIpc) is 2.69. The number of aldehydes is 1. The molecule has 2 aromatic rings. The maximum Gasteiger partial charge on any atom is 0.290 e. The smallest absolute Gasteiger partial charge is 0.290 e. The second-order valence-electron chi connectivity index (χ2n) is 2.81. The van der Waals surface area contributed by atoms with Gasteiger partial charge in [-0.25, -0.2) is 0 Å². The summed E-state index contributed by atoms with van der Waals surface area (Å²) in [6.45, 7) is 0. The van der Waals surface area contributed by atoms with Gasteiger partial charge in [0.15, 0.2) is 12.0 Å². The third-order valence-corrected chi connectivity index (χ3v) is 2.08. The molecule has 2 rings (SSSR count). The third kappa shape index (κ3) is 2.19. The van der Waals surface area contributed by atoms with Gasteiger partial charge in [-0.15, -0.1) is 0 Å². The van der Waals surface area contributed by atoms with Crippen LogP contribution in [0.3, 0.4) is 0 Å². The van der Waals surface area contributed by atoms with Gasteiger partial charge in [0.2, 0.25) is 0 Å². The van der Waals surface area contributed by atoms with Gasteiger partial charge < -0.3 is 9.15 Å². The lowest BCUT2D eigenvalue weighted by Gasteiger charge is -2.02. The lowest BCUT2D eigenvalue weighted by Crippen LogP contribution is -1.82. The molecule has 0 saturated carbocycles. The Kier molecular flexibility index (Phi) is 2.74. The fourth-order valence-electron chi connectivity index (χ4n) is 1.09. The van der Waals surface area contributed by atoms with E-state index in [2.05, 4.69) is 0 Å². The number of ether oxygens (including phenoxy) is 1. The number of hydrogen-bond donors (Lipinski definition) is 0. The van der Waals surface area contributed by atoms with Crippen molar-refractivity contribution >= 4 is 17.9 Å². The Labute approximate surface area is 91.2 Å². The monoisotopic (exact) mass is 222 g/mol. The number of furan rings is 1. The Morgan fingerprint density at radius 2 is 2.00 bits per heavy atom.